The molecule has 1 amide bonds. The molecule has 3 aliphatic rings. The van der Waals surface area contributed by atoms with Crippen molar-refractivity contribution in [2.75, 3.05) is 6.26 Å². The van der Waals surface area contributed by atoms with Crippen LogP contribution in [-0.2, 0) is 20.0 Å². The number of hydrogen-bond donors (Lipinski definition) is 1. The number of nitrogens with one attached hydrogen (secondary N) is 1. The zero-order valence-corrected chi connectivity index (χ0v) is 20.0. The van der Waals surface area contributed by atoms with Crippen LogP contribution in [0.15, 0.2) is 34.9 Å². The fourth-order valence-electron chi connectivity index (χ4n) is 4.51. The van der Waals surface area contributed by atoms with E-state index in [1.807, 2.05) is 12.1 Å². The number of hydrogen-bond acceptors (Lipinski definition) is 6. The minimum atomic E-state index is -3.36. The van der Waals surface area contributed by atoms with E-state index in [0.29, 0.717) is 5.69 Å². The van der Waals surface area contributed by atoms with Gasteiger partial charge in [0, 0.05) is 27.9 Å². The molecule has 3 saturated carbocycles. The number of amides is 1. The molecule has 0 radical (unpaired) electrons. The number of halogens is 1. The SMILES string of the molecule is CC(C)(c1ccn(C(=O)NC23CC(c4nc5cc(Br)ccc5s4)(C2)C3)n1)S(C)(=O)=O. The number of sulfone groups is 1. The van der Waals surface area contributed by atoms with Crippen molar-refractivity contribution in [3.05, 3.63) is 45.6 Å². The molecule has 10 heteroatoms. The number of carbonyl (C=O) groups is 1. The Bertz CT molecular complexity index is 1290. The van der Waals surface area contributed by atoms with Crippen molar-refractivity contribution in [1.29, 1.82) is 0 Å². The number of thiazole rings is 1. The fourth-order valence-corrected chi connectivity index (χ4v) is 6.48. The highest BCUT2D eigenvalue weighted by Gasteiger charge is 2.70. The van der Waals surface area contributed by atoms with Gasteiger partial charge in [-0.25, -0.2) is 18.2 Å². The Hall–Kier alpha value is -1.78. The number of fused-ring (bicyclic) bond motifs is 1. The van der Waals surface area contributed by atoms with Crippen LogP contribution in [0.25, 0.3) is 10.2 Å². The Morgan fingerprint density at radius 2 is 1.97 bits per heavy atom. The van der Waals surface area contributed by atoms with Gasteiger partial charge >= 0.3 is 6.03 Å². The first-order valence-corrected chi connectivity index (χ1v) is 13.1. The predicted octanol–water partition coefficient (Wildman–Crippen LogP) is 3.97. The number of rotatable bonds is 4. The lowest BCUT2D eigenvalue weighted by Gasteiger charge is -2.69. The Kier molecular flexibility index (Phi) is 4.12. The maximum atomic E-state index is 12.7. The predicted molar refractivity (Wildman–Crippen MR) is 120 cm³/mol. The van der Waals surface area contributed by atoms with Crippen molar-refractivity contribution < 1.29 is 13.2 Å². The maximum absolute atomic E-state index is 12.7. The molecule has 3 aromatic rings. The van der Waals surface area contributed by atoms with Gasteiger partial charge < -0.3 is 5.32 Å². The average Bonchev–Trinajstić information content (AvgIpc) is 3.22. The van der Waals surface area contributed by atoms with Gasteiger partial charge in [0.15, 0.2) is 9.84 Å². The third-order valence-electron chi connectivity index (χ3n) is 6.55. The fraction of sp³-hybridized carbons (Fsp3) is 0.450. The monoisotopic (exact) mass is 508 g/mol. The van der Waals surface area contributed by atoms with Gasteiger partial charge in [-0.2, -0.15) is 9.78 Å². The van der Waals surface area contributed by atoms with Crippen LogP contribution >= 0.6 is 27.3 Å². The van der Waals surface area contributed by atoms with Crippen molar-refractivity contribution in [1.82, 2.24) is 20.1 Å². The van der Waals surface area contributed by atoms with E-state index < -0.39 is 14.6 Å². The van der Waals surface area contributed by atoms with Crippen LogP contribution < -0.4 is 5.32 Å². The van der Waals surface area contributed by atoms with Crippen LogP contribution in [-0.4, -0.2) is 41.0 Å². The number of carbonyl (C=O) groups excluding carboxylic acids is 1. The summed E-state index contributed by atoms with van der Waals surface area (Å²) in [5.41, 5.74) is 1.21. The molecule has 2 aromatic heterocycles. The highest BCUT2D eigenvalue weighted by Crippen LogP contribution is 2.68. The average molecular weight is 509 g/mol. The Morgan fingerprint density at radius 1 is 1.27 bits per heavy atom. The Labute approximate surface area is 186 Å². The third-order valence-corrected chi connectivity index (χ3v) is 10.4. The molecule has 1 aromatic carbocycles. The molecule has 6 rings (SSSR count). The first-order valence-electron chi connectivity index (χ1n) is 9.58. The van der Waals surface area contributed by atoms with E-state index in [9.17, 15) is 13.2 Å². The van der Waals surface area contributed by atoms with E-state index >= 15 is 0 Å². The quantitative estimate of drug-likeness (QED) is 0.575. The van der Waals surface area contributed by atoms with Gasteiger partial charge in [0.2, 0.25) is 0 Å². The molecule has 3 aliphatic carbocycles. The molecule has 158 valence electrons. The van der Waals surface area contributed by atoms with Gasteiger partial charge in [-0.1, -0.05) is 15.9 Å². The third kappa shape index (κ3) is 2.87. The highest BCUT2D eigenvalue weighted by atomic mass is 79.9. The van der Waals surface area contributed by atoms with E-state index in [-0.39, 0.29) is 17.0 Å². The van der Waals surface area contributed by atoms with E-state index in [0.717, 1.165) is 34.3 Å². The summed E-state index contributed by atoms with van der Waals surface area (Å²) in [6.45, 7) is 3.18. The second-order valence-electron chi connectivity index (χ2n) is 9.08. The molecular weight excluding hydrogens is 488 g/mol. The van der Waals surface area contributed by atoms with Gasteiger partial charge in [-0.05, 0) is 57.4 Å². The van der Waals surface area contributed by atoms with Crippen molar-refractivity contribution in [3.63, 3.8) is 0 Å². The lowest BCUT2D eigenvalue weighted by molar-refractivity contribution is -0.0788. The van der Waals surface area contributed by atoms with Crippen LogP contribution in [0.3, 0.4) is 0 Å². The standard InChI is InChI=1S/C20H21BrN4O3S2/c1-18(2,30(3,27)28)15-6-7-25(24-15)17(26)23-20-9-19(10-20,11-20)16-22-13-8-12(21)4-5-14(13)29-16/h4-8H,9-11H2,1-3H3,(H,23,26). The normalized spacial score (nSPS) is 25.6. The summed E-state index contributed by atoms with van der Waals surface area (Å²) in [4.78, 5) is 17.5. The van der Waals surface area contributed by atoms with Crippen LogP contribution in [0.1, 0.15) is 43.8 Å². The van der Waals surface area contributed by atoms with Crippen LogP contribution in [0.2, 0.25) is 0 Å². The molecule has 1 N–H and O–H groups in total. The summed E-state index contributed by atoms with van der Waals surface area (Å²) in [7, 11) is -3.36. The lowest BCUT2D eigenvalue weighted by atomic mass is 9.39. The van der Waals surface area contributed by atoms with Crippen LogP contribution in [0, 0.1) is 0 Å². The molecule has 0 spiro atoms. The first-order chi connectivity index (χ1) is 13.9. The molecule has 0 saturated heterocycles. The number of aromatic nitrogens is 3. The molecule has 7 nitrogen and oxygen atoms in total. The van der Waals surface area contributed by atoms with Crippen LogP contribution in [0.4, 0.5) is 4.79 Å². The van der Waals surface area contributed by atoms with E-state index in [4.69, 9.17) is 4.98 Å². The second kappa shape index (κ2) is 6.14. The largest absolute Gasteiger partial charge is 0.342 e. The summed E-state index contributed by atoms with van der Waals surface area (Å²) in [5, 5.41) is 8.47. The van der Waals surface area contributed by atoms with Crippen molar-refractivity contribution in [2.45, 2.75) is 48.8 Å². The highest BCUT2D eigenvalue weighted by molar-refractivity contribution is 9.10. The zero-order chi connectivity index (χ0) is 21.5. The number of nitrogens with zero attached hydrogens (tertiary/aromatic N) is 3. The molecule has 0 unspecified atom stereocenters. The summed E-state index contributed by atoms with van der Waals surface area (Å²) in [6, 6.07) is 7.40. The molecule has 3 fully saturated rings. The Balaban J connectivity index is 1.28. The maximum Gasteiger partial charge on any atom is 0.342 e. The Morgan fingerprint density at radius 3 is 2.63 bits per heavy atom. The van der Waals surface area contributed by atoms with Crippen molar-refractivity contribution in [3.8, 4) is 0 Å². The molecule has 2 heterocycles. The van der Waals surface area contributed by atoms with Crippen molar-refractivity contribution >= 4 is 53.4 Å². The molecule has 0 aliphatic heterocycles. The van der Waals surface area contributed by atoms with E-state index in [1.165, 1.54) is 21.8 Å². The topological polar surface area (TPSA) is 93.9 Å². The minimum absolute atomic E-state index is 0.0665. The number of benzene rings is 1. The van der Waals surface area contributed by atoms with Gasteiger partial charge in [0.1, 0.15) is 9.75 Å². The molecule has 2 bridgehead atoms. The van der Waals surface area contributed by atoms with Gasteiger partial charge in [-0.3, -0.25) is 0 Å². The van der Waals surface area contributed by atoms with Crippen molar-refractivity contribution in [2.24, 2.45) is 0 Å². The molecule has 30 heavy (non-hydrogen) atoms. The second-order valence-corrected chi connectivity index (χ2v) is 13.6. The van der Waals surface area contributed by atoms with Gasteiger partial charge in [0.25, 0.3) is 0 Å². The lowest BCUT2D eigenvalue weighted by Crippen LogP contribution is -2.77. The zero-order valence-electron chi connectivity index (χ0n) is 16.8. The summed E-state index contributed by atoms with van der Waals surface area (Å²) in [5.74, 6) is 0. The molecular formula is C20H21BrN4O3S2. The summed E-state index contributed by atoms with van der Waals surface area (Å²) >= 11 is 5.22. The molecule has 0 atom stereocenters. The van der Waals surface area contributed by atoms with E-state index in [2.05, 4.69) is 32.4 Å². The minimum Gasteiger partial charge on any atom is -0.331 e. The van der Waals surface area contributed by atoms with E-state index in [1.54, 1.807) is 31.3 Å². The summed E-state index contributed by atoms with van der Waals surface area (Å²) in [6.07, 6.45) is 5.30. The van der Waals surface area contributed by atoms with Gasteiger partial charge in [-0.15, -0.1) is 11.3 Å². The van der Waals surface area contributed by atoms with Crippen LogP contribution in [0.5, 0.6) is 0 Å². The summed E-state index contributed by atoms with van der Waals surface area (Å²) < 4.78 is 26.3. The smallest absolute Gasteiger partial charge is 0.331 e. The van der Waals surface area contributed by atoms with Gasteiger partial charge in [0.05, 0.1) is 15.9 Å². The first kappa shape index (κ1) is 20.1.